The fourth-order valence-electron chi connectivity index (χ4n) is 1.06. The van der Waals surface area contributed by atoms with Gasteiger partial charge in [-0.3, -0.25) is 15.4 Å². The van der Waals surface area contributed by atoms with Crippen LogP contribution in [0.2, 0.25) is 0 Å². The molecule has 0 bridgehead atoms. The molecule has 2 atom stereocenters. The van der Waals surface area contributed by atoms with E-state index in [0.29, 0.717) is 13.1 Å². The Kier molecular flexibility index (Phi) is 3.88. The summed E-state index contributed by atoms with van der Waals surface area (Å²) in [6.45, 7) is 4.40. The summed E-state index contributed by atoms with van der Waals surface area (Å²) in [4.78, 5) is 11.2. The van der Waals surface area contributed by atoms with Crippen LogP contribution in [0, 0.1) is 0 Å². The molecule has 13 heavy (non-hydrogen) atoms. The van der Waals surface area contributed by atoms with Crippen molar-refractivity contribution in [1.29, 1.82) is 0 Å². The van der Waals surface area contributed by atoms with Crippen LogP contribution in [0.4, 0.5) is 0 Å². The SMILES string of the molecule is C=CCOC(=O)C1CNC(O)CN1. The van der Waals surface area contributed by atoms with E-state index in [1.165, 1.54) is 6.08 Å². The molecule has 0 saturated carbocycles. The average Bonchev–Trinajstić information content (AvgIpc) is 2.15. The van der Waals surface area contributed by atoms with Crippen LogP contribution in [-0.2, 0) is 9.53 Å². The molecule has 1 aliphatic rings. The Labute approximate surface area is 76.8 Å². The molecule has 74 valence electrons. The first-order valence-electron chi connectivity index (χ1n) is 4.16. The first-order valence-corrected chi connectivity index (χ1v) is 4.16. The largest absolute Gasteiger partial charge is 0.460 e. The maximum absolute atomic E-state index is 11.2. The van der Waals surface area contributed by atoms with Gasteiger partial charge < -0.3 is 9.84 Å². The van der Waals surface area contributed by atoms with Gasteiger partial charge in [0.1, 0.15) is 18.9 Å². The topological polar surface area (TPSA) is 70.6 Å². The lowest BCUT2D eigenvalue weighted by molar-refractivity contribution is -0.145. The molecule has 0 aromatic carbocycles. The summed E-state index contributed by atoms with van der Waals surface area (Å²) in [6.07, 6.45) is 0.937. The van der Waals surface area contributed by atoms with Crippen LogP contribution >= 0.6 is 0 Å². The third kappa shape index (κ3) is 3.14. The summed E-state index contributed by atoms with van der Waals surface area (Å²) >= 11 is 0. The third-order valence-corrected chi connectivity index (χ3v) is 1.74. The van der Waals surface area contributed by atoms with E-state index >= 15 is 0 Å². The maximum atomic E-state index is 11.2. The smallest absolute Gasteiger partial charge is 0.324 e. The lowest BCUT2D eigenvalue weighted by Gasteiger charge is -2.26. The number of nitrogens with one attached hydrogen (secondary N) is 2. The molecule has 3 N–H and O–H groups in total. The Balaban J connectivity index is 2.27. The minimum atomic E-state index is -0.580. The van der Waals surface area contributed by atoms with Gasteiger partial charge in [-0.2, -0.15) is 0 Å². The zero-order valence-corrected chi connectivity index (χ0v) is 7.32. The molecule has 0 spiro atoms. The van der Waals surface area contributed by atoms with E-state index in [4.69, 9.17) is 9.84 Å². The Morgan fingerprint density at radius 2 is 2.38 bits per heavy atom. The van der Waals surface area contributed by atoms with E-state index in [0.717, 1.165) is 0 Å². The van der Waals surface area contributed by atoms with Crippen molar-refractivity contribution in [2.24, 2.45) is 0 Å². The van der Waals surface area contributed by atoms with E-state index in [1.54, 1.807) is 0 Å². The number of carbonyl (C=O) groups excluding carboxylic acids is 1. The minimum absolute atomic E-state index is 0.222. The lowest BCUT2D eigenvalue weighted by Crippen LogP contribution is -2.57. The van der Waals surface area contributed by atoms with Crippen molar-refractivity contribution in [3.63, 3.8) is 0 Å². The second-order valence-electron chi connectivity index (χ2n) is 2.80. The molecule has 1 heterocycles. The Hall–Kier alpha value is -0.910. The molecule has 2 unspecified atom stereocenters. The van der Waals surface area contributed by atoms with Gasteiger partial charge in [0.25, 0.3) is 0 Å². The molecule has 0 aromatic heterocycles. The first-order chi connectivity index (χ1) is 6.24. The number of rotatable bonds is 3. The summed E-state index contributed by atoms with van der Waals surface area (Å²) in [6, 6.07) is -0.372. The molecule has 1 fully saturated rings. The molecular formula is C8H14N2O3. The van der Waals surface area contributed by atoms with Gasteiger partial charge >= 0.3 is 5.97 Å². The van der Waals surface area contributed by atoms with Crippen LogP contribution in [-0.4, -0.2) is 43.0 Å². The highest BCUT2D eigenvalue weighted by Gasteiger charge is 2.24. The molecular weight excluding hydrogens is 172 g/mol. The molecule has 0 aliphatic carbocycles. The first kappa shape index (κ1) is 10.2. The number of hydrogen-bond donors (Lipinski definition) is 3. The highest BCUT2D eigenvalue weighted by atomic mass is 16.5. The number of piperazine rings is 1. The molecule has 0 radical (unpaired) electrons. The quantitative estimate of drug-likeness (QED) is 0.373. The molecule has 5 heteroatoms. The summed E-state index contributed by atoms with van der Waals surface area (Å²) in [5.74, 6) is -0.320. The fourth-order valence-corrected chi connectivity index (χ4v) is 1.06. The van der Waals surface area contributed by atoms with Crippen molar-refractivity contribution in [3.8, 4) is 0 Å². The Morgan fingerprint density at radius 3 is 2.92 bits per heavy atom. The number of carbonyl (C=O) groups is 1. The summed E-state index contributed by atoms with van der Waals surface area (Å²) in [5, 5.41) is 14.7. The molecule has 0 amide bonds. The minimum Gasteiger partial charge on any atom is -0.460 e. The zero-order valence-electron chi connectivity index (χ0n) is 7.32. The number of esters is 1. The van der Waals surface area contributed by atoms with Crippen LogP contribution in [0.15, 0.2) is 12.7 Å². The normalized spacial score (nSPS) is 28.1. The van der Waals surface area contributed by atoms with Crippen molar-refractivity contribution >= 4 is 5.97 Å². The average molecular weight is 186 g/mol. The van der Waals surface area contributed by atoms with Gasteiger partial charge in [0, 0.05) is 13.1 Å². The summed E-state index contributed by atoms with van der Waals surface area (Å²) in [5.41, 5.74) is 0. The molecule has 1 saturated heterocycles. The van der Waals surface area contributed by atoms with E-state index in [9.17, 15) is 4.79 Å². The van der Waals surface area contributed by atoms with Gasteiger partial charge in [-0.1, -0.05) is 12.7 Å². The summed E-state index contributed by atoms with van der Waals surface area (Å²) < 4.78 is 4.82. The van der Waals surface area contributed by atoms with Gasteiger partial charge in [-0.05, 0) is 0 Å². The van der Waals surface area contributed by atoms with Gasteiger partial charge in [-0.25, -0.2) is 0 Å². The van der Waals surface area contributed by atoms with Crippen molar-refractivity contribution in [1.82, 2.24) is 10.6 Å². The highest BCUT2D eigenvalue weighted by molar-refractivity contribution is 5.76. The maximum Gasteiger partial charge on any atom is 0.324 e. The second-order valence-corrected chi connectivity index (χ2v) is 2.80. The highest BCUT2D eigenvalue weighted by Crippen LogP contribution is 1.94. The van der Waals surface area contributed by atoms with Crippen LogP contribution in [0.25, 0.3) is 0 Å². The van der Waals surface area contributed by atoms with Gasteiger partial charge in [0.2, 0.25) is 0 Å². The van der Waals surface area contributed by atoms with Crippen LogP contribution < -0.4 is 10.6 Å². The number of β-amino-alcohol motifs (C(OH)–C–C–N with tert-alkyl or cyclic N) is 1. The zero-order chi connectivity index (χ0) is 9.68. The Bertz CT molecular complexity index is 188. The van der Waals surface area contributed by atoms with Crippen molar-refractivity contribution < 1.29 is 14.6 Å². The Morgan fingerprint density at radius 1 is 1.62 bits per heavy atom. The third-order valence-electron chi connectivity index (χ3n) is 1.74. The molecule has 5 nitrogen and oxygen atoms in total. The summed E-state index contributed by atoms with van der Waals surface area (Å²) in [7, 11) is 0. The van der Waals surface area contributed by atoms with Crippen LogP contribution in [0.5, 0.6) is 0 Å². The van der Waals surface area contributed by atoms with Crippen molar-refractivity contribution in [2.75, 3.05) is 19.7 Å². The van der Waals surface area contributed by atoms with E-state index in [-0.39, 0.29) is 18.6 Å². The van der Waals surface area contributed by atoms with E-state index in [1.807, 2.05) is 0 Å². The van der Waals surface area contributed by atoms with E-state index < -0.39 is 6.23 Å². The standard InChI is InChI=1S/C8H14N2O3/c1-2-3-13-8(12)6-4-10-7(11)5-9-6/h2,6-7,9-11H,1,3-5H2. The van der Waals surface area contributed by atoms with Gasteiger partial charge in [0.15, 0.2) is 0 Å². The van der Waals surface area contributed by atoms with Gasteiger partial charge in [0.05, 0.1) is 0 Å². The number of hydrogen-bond acceptors (Lipinski definition) is 5. The monoisotopic (exact) mass is 186 g/mol. The fraction of sp³-hybridized carbons (Fsp3) is 0.625. The molecule has 1 rings (SSSR count). The number of aliphatic hydroxyl groups excluding tert-OH is 1. The second kappa shape index (κ2) is 4.96. The lowest BCUT2D eigenvalue weighted by atomic mass is 10.2. The van der Waals surface area contributed by atoms with Crippen molar-refractivity contribution in [3.05, 3.63) is 12.7 Å². The van der Waals surface area contributed by atoms with Gasteiger partial charge in [-0.15, -0.1) is 0 Å². The molecule has 0 aromatic rings. The predicted molar refractivity (Wildman–Crippen MR) is 47.0 cm³/mol. The van der Waals surface area contributed by atoms with Crippen LogP contribution in [0.1, 0.15) is 0 Å². The van der Waals surface area contributed by atoms with Crippen LogP contribution in [0.3, 0.4) is 0 Å². The molecule has 1 aliphatic heterocycles. The van der Waals surface area contributed by atoms with E-state index in [2.05, 4.69) is 17.2 Å². The van der Waals surface area contributed by atoms with Crippen molar-refractivity contribution in [2.45, 2.75) is 12.3 Å². The number of aliphatic hydroxyl groups is 1. The number of ether oxygens (including phenoxy) is 1. The predicted octanol–water partition coefficient (Wildman–Crippen LogP) is -1.40.